The SMILES string of the molecule is O=C(NCCN1C(=O)CSC1=O)c1csc(-c2cnn(-c3ccccc3)c2)n1. The Bertz CT molecular complexity index is 1010. The summed E-state index contributed by atoms with van der Waals surface area (Å²) in [5, 5.41) is 9.12. The molecule has 1 aliphatic rings. The number of rotatable bonds is 6. The second kappa shape index (κ2) is 7.95. The van der Waals surface area contributed by atoms with Crippen LogP contribution in [0.3, 0.4) is 0 Å². The highest BCUT2D eigenvalue weighted by Crippen LogP contribution is 2.24. The van der Waals surface area contributed by atoms with E-state index in [2.05, 4.69) is 15.4 Å². The van der Waals surface area contributed by atoms with E-state index < -0.39 is 0 Å². The van der Waals surface area contributed by atoms with Gasteiger partial charge >= 0.3 is 0 Å². The molecule has 0 atom stereocenters. The van der Waals surface area contributed by atoms with Gasteiger partial charge in [-0.25, -0.2) is 9.67 Å². The van der Waals surface area contributed by atoms with Crippen LogP contribution in [0.4, 0.5) is 4.79 Å². The Balaban J connectivity index is 1.37. The van der Waals surface area contributed by atoms with Gasteiger partial charge in [0.1, 0.15) is 10.7 Å². The lowest BCUT2D eigenvalue weighted by molar-refractivity contribution is -0.124. The summed E-state index contributed by atoms with van der Waals surface area (Å²) >= 11 is 2.33. The molecule has 1 aliphatic heterocycles. The van der Waals surface area contributed by atoms with Crippen molar-refractivity contribution in [1.82, 2.24) is 25.0 Å². The fraction of sp³-hybridized carbons (Fsp3) is 0.167. The highest BCUT2D eigenvalue weighted by atomic mass is 32.2. The molecule has 2 aromatic heterocycles. The first-order valence-electron chi connectivity index (χ1n) is 8.43. The molecule has 1 aromatic carbocycles. The van der Waals surface area contributed by atoms with Gasteiger partial charge in [0, 0.05) is 30.2 Å². The van der Waals surface area contributed by atoms with Crippen molar-refractivity contribution in [2.24, 2.45) is 0 Å². The van der Waals surface area contributed by atoms with Crippen LogP contribution < -0.4 is 5.32 Å². The molecule has 3 heterocycles. The molecule has 8 nitrogen and oxygen atoms in total. The summed E-state index contributed by atoms with van der Waals surface area (Å²) in [5.41, 5.74) is 2.05. The zero-order valence-electron chi connectivity index (χ0n) is 14.6. The van der Waals surface area contributed by atoms with E-state index in [1.165, 1.54) is 11.3 Å². The number of aromatic nitrogens is 3. The average molecular weight is 413 g/mol. The van der Waals surface area contributed by atoms with Crippen LogP contribution in [0.1, 0.15) is 10.5 Å². The van der Waals surface area contributed by atoms with Crippen LogP contribution >= 0.6 is 23.1 Å². The molecule has 0 radical (unpaired) electrons. The van der Waals surface area contributed by atoms with E-state index in [0.717, 1.165) is 27.9 Å². The Morgan fingerprint density at radius 1 is 1.21 bits per heavy atom. The molecule has 3 amide bonds. The first kappa shape index (κ1) is 18.4. The van der Waals surface area contributed by atoms with Crippen molar-refractivity contribution in [3.63, 3.8) is 0 Å². The van der Waals surface area contributed by atoms with Gasteiger partial charge in [-0.1, -0.05) is 30.0 Å². The van der Waals surface area contributed by atoms with Crippen LogP contribution in [-0.4, -0.2) is 55.6 Å². The number of thiazole rings is 1. The zero-order chi connectivity index (χ0) is 19.5. The highest BCUT2D eigenvalue weighted by molar-refractivity contribution is 8.14. The Kier molecular flexibility index (Phi) is 5.22. The number of nitrogens with zero attached hydrogens (tertiary/aromatic N) is 4. The van der Waals surface area contributed by atoms with Crippen molar-refractivity contribution >= 4 is 40.2 Å². The van der Waals surface area contributed by atoms with E-state index in [0.29, 0.717) is 10.7 Å². The molecular weight excluding hydrogens is 398 g/mol. The van der Waals surface area contributed by atoms with E-state index in [9.17, 15) is 14.4 Å². The second-order valence-electron chi connectivity index (χ2n) is 5.90. The number of carbonyl (C=O) groups excluding carboxylic acids is 3. The van der Waals surface area contributed by atoms with Crippen LogP contribution in [-0.2, 0) is 4.79 Å². The molecule has 0 spiro atoms. The minimum absolute atomic E-state index is 0.164. The molecular formula is C18H15N5O3S2. The predicted molar refractivity (Wildman–Crippen MR) is 107 cm³/mol. The van der Waals surface area contributed by atoms with Gasteiger partial charge in [-0.2, -0.15) is 5.10 Å². The average Bonchev–Trinajstić information content (AvgIpc) is 3.44. The summed E-state index contributed by atoms with van der Waals surface area (Å²) < 4.78 is 1.75. The number of imide groups is 1. The number of thioether (sulfide) groups is 1. The first-order chi connectivity index (χ1) is 13.6. The molecule has 0 unspecified atom stereocenters. The fourth-order valence-electron chi connectivity index (χ4n) is 2.63. The molecule has 1 N–H and O–H groups in total. The largest absolute Gasteiger partial charge is 0.349 e. The lowest BCUT2D eigenvalue weighted by atomic mass is 10.3. The summed E-state index contributed by atoms with van der Waals surface area (Å²) in [6.07, 6.45) is 3.56. The smallest absolute Gasteiger partial charge is 0.288 e. The Labute approximate surface area is 168 Å². The number of hydrogen-bond acceptors (Lipinski definition) is 7. The third kappa shape index (κ3) is 3.82. The topological polar surface area (TPSA) is 97.2 Å². The number of carbonyl (C=O) groups is 3. The quantitative estimate of drug-likeness (QED) is 0.667. The fourth-order valence-corrected chi connectivity index (χ4v) is 4.16. The highest BCUT2D eigenvalue weighted by Gasteiger charge is 2.29. The summed E-state index contributed by atoms with van der Waals surface area (Å²) in [4.78, 5) is 40.9. The normalized spacial score (nSPS) is 13.9. The molecule has 0 bridgehead atoms. The summed E-state index contributed by atoms with van der Waals surface area (Å²) in [5.74, 6) is -0.404. The van der Waals surface area contributed by atoms with Gasteiger partial charge in [0.05, 0.1) is 17.6 Å². The minimum atomic E-state index is -0.343. The Morgan fingerprint density at radius 2 is 2.04 bits per heavy atom. The van der Waals surface area contributed by atoms with Crippen molar-refractivity contribution in [3.05, 3.63) is 53.8 Å². The predicted octanol–water partition coefficient (Wildman–Crippen LogP) is 2.42. The van der Waals surface area contributed by atoms with Crippen molar-refractivity contribution in [1.29, 1.82) is 0 Å². The Hall–Kier alpha value is -2.98. The molecule has 3 aromatic rings. The molecule has 0 aliphatic carbocycles. The standard InChI is InChI=1S/C18H15N5O3S2/c24-15-11-28-18(26)22(15)7-6-19-16(25)14-10-27-17(21-14)12-8-20-23(9-12)13-4-2-1-3-5-13/h1-5,8-10H,6-7,11H2,(H,19,25). The van der Waals surface area contributed by atoms with Gasteiger partial charge in [-0.15, -0.1) is 11.3 Å². The zero-order valence-corrected chi connectivity index (χ0v) is 16.2. The van der Waals surface area contributed by atoms with E-state index in [1.807, 2.05) is 36.5 Å². The van der Waals surface area contributed by atoms with Crippen molar-refractivity contribution in [2.45, 2.75) is 0 Å². The maximum Gasteiger partial charge on any atom is 0.288 e. The van der Waals surface area contributed by atoms with Gasteiger partial charge in [-0.05, 0) is 12.1 Å². The lowest BCUT2D eigenvalue weighted by Crippen LogP contribution is -2.37. The van der Waals surface area contributed by atoms with Crippen LogP contribution in [0, 0.1) is 0 Å². The number of para-hydroxylation sites is 1. The van der Waals surface area contributed by atoms with E-state index >= 15 is 0 Å². The van der Waals surface area contributed by atoms with E-state index in [4.69, 9.17) is 0 Å². The molecule has 4 rings (SSSR count). The molecule has 1 fully saturated rings. The molecule has 0 saturated carbocycles. The maximum atomic E-state index is 12.3. The number of nitrogens with one attached hydrogen (secondary N) is 1. The van der Waals surface area contributed by atoms with Crippen LogP contribution in [0.5, 0.6) is 0 Å². The number of hydrogen-bond donors (Lipinski definition) is 1. The van der Waals surface area contributed by atoms with Gasteiger partial charge in [0.25, 0.3) is 11.1 Å². The van der Waals surface area contributed by atoms with Crippen LogP contribution in [0.25, 0.3) is 16.3 Å². The minimum Gasteiger partial charge on any atom is -0.349 e. The van der Waals surface area contributed by atoms with Gasteiger partial charge in [-0.3, -0.25) is 19.3 Å². The van der Waals surface area contributed by atoms with Crippen LogP contribution in [0.2, 0.25) is 0 Å². The van der Waals surface area contributed by atoms with E-state index in [-0.39, 0.29) is 35.9 Å². The molecule has 28 heavy (non-hydrogen) atoms. The molecule has 1 saturated heterocycles. The lowest BCUT2D eigenvalue weighted by Gasteiger charge is -2.12. The van der Waals surface area contributed by atoms with Crippen LogP contribution in [0.15, 0.2) is 48.1 Å². The number of benzene rings is 1. The number of amides is 3. The van der Waals surface area contributed by atoms with Gasteiger partial charge in [0.2, 0.25) is 5.91 Å². The van der Waals surface area contributed by atoms with Crippen molar-refractivity contribution < 1.29 is 14.4 Å². The van der Waals surface area contributed by atoms with Crippen molar-refractivity contribution in [2.75, 3.05) is 18.8 Å². The van der Waals surface area contributed by atoms with Crippen molar-refractivity contribution in [3.8, 4) is 16.3 Å². The third-order valence-electron chi connectivity index (χ3n) is 4.05. The Morgan fingerprint density at radius 3 is 2.79 bits per heavy atom. The van der Waals surface area contributed by atoms with Gasteiger partial charge < -0.3 is 5.32 Å². The monoisotopic (exact) mass is 413 g/mol. The summed E-state index contributed by atoms with van der Waals surface area (Å²) in [7, 11) is 0. The molecule has 10 heteroatoms. The first-order valence-corrected chi connectivity index (χ1v) is 10.3. The maximum absolute atomic E-state index is 12.3. The molecule has 142 valence electrons. The second-order valence-corrected chi connectivity index (χ2v) is 7.69. The van der Waals surface area contributed by atoms with Gasteiger partial charge in [0.15, 0.2) is 0 Å². The summed E-state index contributed by atoms with van der Waals surface area (Å²) in [6, 6.07) is 9.71. The third-order valence-corrected chi connectivity index (χ3v) is 5.80. The summed E-state index contributed by atoms with van der Waals surface area (Å²) in [6.45, 7) is 0.354. The van der Waals surface area contributed by atoms with E-state index in [1.54, 1.807) is 16.3 Å².